The molecule has 0 radical (unpaired) electrons. The second-order valence-electron chi connectivity index (χ2n) is 6.12. The Hall–Kier alpha value is -0.290. The van der Waals surface area contributed by atoms with Gasteiger partial charge in [-0.05, 0) is 6.42 Å². The first-order valence-electron chi connectivity index (χ1n) is 8.41. The number of hydrogen-bond donors (Lipinski definition) is 0. The van der Waals surface area contributed by atoms with Gasteiger partial charge in [-0.3, -0.25) is 0 Å². The van der Waals surface area contributed by atoms with Crippen LogP contribution in [0.5, 0.6) is 0 Å². The highest BCUT2D eigenvalue weighted by atomic mass is 32.2. The van der Waals surface area contributed by atoms with Crippen molar-refractivity contribution in [3.8, 4) is 0 Å². The Bertz CT molecular complexity index is 455. The first-order chi connectivity index (χ1) is 11.2. The molecule has 0 aliphatic carbocycles. The molecule has 0 aromatic carbocycles. The van der Waals surface area contributed by atoms with Crippen LogP contribution in [0.1, 0.15) is 6.42 Å². The summed E-state index contributed by atoms with van der Waals surface area (Å²) in [5.41, 5.74) is 0. The van der Waals surface area contributed by atoms with E-state index in [1.54, 1.807) is 8.61 Å². The second kappa shape index (κ2) is 8.19. The van der Waals surface area contributed by atoms with Crippen LogP contribution in [0.25, 0.3) is 0 Å². The molecule has 0 aromatic heterocycles. The van der Waals surface area contributed by atoms with E-state index in [0.717, 1.165) is 26.1 Å². The van der Waals surface area contributed by atoms with Gasteiger partial charge in [0.25, 0.3) is 10.2 Å². The normalized spacial score (nSPS) is 29.7. The van der Waals surface area contributed by atoms with Gasteiger partial charge in [-0.1, -0.05) is 0 Å². The van der Waals surface area contributed by atoms with Crippen molar-refractivity contribution in [3.63, 3.8) is 0 Å². The lowest BCUT2D eigenvalue weighted by molar-refractivity contribution is -0.0930. The Morgan fingerprint density at radius 1 is 0.826 bits per heavy atom. The van der Waals surface area contributed by atoms with Crippen LogP contribution in [0.4, 0.5) is 0 Å². The van der Waals surface area contributed by atoms with Gasteiger partial charge in [0.15, 0.2) is 0 Å². The summed E-state index contributed by atoms with van der Waals surface area (Å²) < 4.78 is 44.6. The van der Waals surface area contributed by atoms with Gasteiger partial charge in [0.2, 0.25) is 0 Å². The van der Waals surface area contributed by atoms with Gasteiger partial charge in [-0.25, -0.2) is 0 Å². The van der Waals surface area contributed by atoms with Crippen LogP contribution in [-0.4, -0.2) is 107 Å². The van der Waals surface area contributed by atoms with E-state index in [-0.39, 0.29) is 6.10 Å². The molecule has 3 aliphatic heterocycles. The quantitative estimate of drug-likeness (QED) is 0.633. The number of ether oxygens (including phenoxy) is 3. The van der Waals surface area contributed by atoms with Crippen molar-refractivity contribution in [2.45, 2.75) is 12.5 Å². The van der Waals surface area contributed by atoms with E-state index in [1.165, 1.54) is 0 Å². The molecule has 0 amide bonds. The van der Waals surface area contributed by atoms with Gasteiger partial charge < -0.3 is 19.1 Å². The number of rotatable bonds is 5. The van der Waals surface area contributed by atoms with Crippen LogP contribution >= 0.6 is 0 Å². The van der Waals surface area contributed by atoms with Crippen LogP contribution in [0.15, 0.2) is 0 Å². The molecule has 0 spiro atoms. The maximum absolute atomic E-state index is 12.6. The molecule has 0 N–H and O–H groups in total. The minimum atomic E-state index is -3.33. The van der Waals surface area contributed by atoms with Gasteiger partial charge in [-0.15, -0.1) is 0 Å². The molecule has 3 rings (SSSR count). The van der Waals surface area contributed by atoms with Crippen molar-refractivity contribution in [2.75, 3.05) is 78.8 Å². The Balaban J connectivity index is 1.42. The molecule has 0 bridgehead atoms. The lowest BCUT2D eigenvalue weighted by atomic mass is 10.2. The topological polar surface area (TPSA) is 71.6 Å². The zero-order chi connectivity index (χ0) is 16.1. The zero-order valence-corrected chi connectivity index (χ0v) is 14.4. The third-order valence-corrected chi connectivity index (χ3v) is 6.64. The summed E-state index contributed by atoms with van der Waals surface area (Å²) in [5.74, 6) is 0. The summed E-state index contributed by atoms with van der Waals surface area (Å²) in [5, 5.41) is 0. The van der Waals surface area contributed by atoms with Gasteiger partial charge >= 0.3 is 0 Å². The van der Waals surface area contributed by atoms with E-state index in [9.17, 15) is 8.42 Å². The van der Waals surface area contributed by atoms with E-state index in [1.807, 2.05) is 0 Å². The monoisotopic (exact) mass is 349 g/mol. The van der Waals surface area contributed by atoms with Crippen molar-refractivity contribution in [3.05, 3.63) is 0 Å². The van der Waals surface area contributed by atoms with Gasteiger partial charge in [0.1, 0.15) is 0 Å². The third kappa shape index (κ3) is 4.62. The standard InChI is InChI=1S/C14H27N3O5S/c18-23(19,17-7-9-20-10-8-17)16-5-3-15(4-6-16)2-1-14-13-21-11-12-22-14/h14H,1-13H2. The number of hydrogen-bond acceptors (Lipinski definition) is 6. The number of nitrogens with zero attached hydrogens (tertiary/aromatic N) is 3. The van der Waals surface area contributed by atoms with E-state index >= 15 is 0 Å². The molecule has 3 heterocycles. The molecule has 3 fully saturated rings. The van der Waals surface area contributed by atoms with Crippen LogP contribution in [0.3, 0.4) is 0 Å². The molecule has 23 heavy (non-hydrogen) atoms. The predicted octanol–water partition coefficient (Wildman–Crippen LogP) is -1.01. The number of piperazine rings is 1. The van der Waals surface area contributed by atoms with E-state index in [2.05, 4.69) is 4.90 Å². The third-order valence-electron chi connectivity index (χ3n) is 4.61. The summed E-state index contributed by atoms with van der Waals surface area (Å²) in [7, 11) is -3.33. The Kier molecular flexibility index (Phi) is 6.25. The van der Waals surface area contributed by atoms with Crippen molar-refractivity contribution < 1.29 is 22.6 Å². The summed E-state index contributed by atoms with van der Waals surface area (Å²) in [6.07, 6.45) is 1.12. The molecule has 9 heteroatoms. The van der Waals surface area contributed by atoms with Crippen LogP contribution in [0.2, 0.25) is 0 Å². The molecule has 134 valence electrons. The maximum atomic E-state index is 12.6. The average Bonchev–Trinajstić information content (AvgIpc) is 2.62. The smallest absolute Gasteiger partial charge is 0.282 e. The Morgan fingerprint density at radius 2 is 1.52 bits per heavy atom. The molecule has 8 nitrogen and oxygen atoms in total. The SMILES string of the molecule is O=S(=O)(N1CCOCC1)N1CCN(CCC2COCCO2)CC1. The highest BCUT2D eigenvalue weighted by molar-refractivity contribution is 7.86. The molecular weight excluding hydrogens is 322 g/mol. The fraction of sp³-hybridized carbons (Fsp3) is 1.00. The van der Waals surface area contributed by atoms with Gasteiger partial charge in [0, 0.05) is 45.8 Å². The largest absolute Gasteiger partial charge is 0.379 e. The second-order valence-corrected chi connectivity index (χ2v) is 8.04. The maximum Gasteiger partial charge on any atom is 0.282 e. The van der Waals surface area contributed by atoms with Crippen molar-refractivity contribution in [1.29, 1.82) is 0 Å². The molecule has 0 saturated carbocycles. The van der Waals surface area contributed by atoms with E-state index < -0.39 is 10.2 Å². The van der Waals surface area contributed by atoms with Crippen LogP contribution in [0, 0.1) is 0 Å². The summed E-state index contributed by atoms with van der Waals surface area (Å²) in [6.45, 7) is 7.53. The highest BCUT2D eigenvalue weighted by Gasteiger charge is 2.33. The first-order valence-corrected chi connectivity index (χ1v) is 9.80. The molecular formula is C14H27N3O5S. The lowest BCUT2D eigenvalue weighted by Crippen LogP contribution is -2.55. The fourth-order valence-corrected chi connectivity index (χ4v) is 4.72. The number of morpholine rings is 1. The molecule has 0 aromatic rings. The lowest BCUT2D eigenvalue weighted by Gasteiger charge is -2.38. The molecule has 1 unspecified atom stereocenters. The highest BCUT2D eigenvalue weighted by Crippen LogP contribution is 2.15. The molecule has 3 saturated heterocycles. The summed E-state index contributed by atoms with van der Waals surface area (Å²) >= 11 is 0. The Labute approximate surface area is 138 Å². The van der Waals surface area contributed by atoms with E-state index in [0.29, 0.717) is 59.2 Å². The minimum Gasteiger partial charge on any atom is -0.379 e. The predicted molar refractivity (Wildman–Crippen MR) is 84.5 cm³/mol. The molecule has 3 aliphatic rings. The Morgan fingerprint density at radius 3 is 2.17 bits per heavy atom. The van der Waals surface area contributed by atoms with Crippen LogP contribution in [-0.2, 0) is 24.4 Å². The van der Waals surface area contributed by atoms with Crippen molar-refractivity contribution in [2.24, 2.45) is 0 Å². The fourth-order valence-electron chi connectivity index (χ4n) is 3.15. The molecule has 1 atom stereocenters. The van der Waals surface area contributed by atoms with Crippen LogP contribution < -0.4 is 0 Å². The minimum absolute atomic E-state index is 0.180. The van der Waals surface area contributed by atoms with Crippen molar-refractivity contribution >= 4 is 10.2 Å². The summed E-state index contributed by atoms with van der Waals surface area (Å²) in [4.78, 5) is 2.31. The summed E-state index contributed by atoms with van der Waals surface area (Å²) in [6, 6.07) is 0. The van der Waals surface area contributed by atoms with Gasteiger partial charge in [-0.2, -0.15) is 17.0 Å². The first kappa shape index (κ1) is 17.5. The van der Waals surface area contributed by atoms with Crippen molar-refractivity contribution in [1.82, 2.24) is 13.5 Å². The van der Waals surface area contributed by atoms with Gasteiger partial charge in [0.05, 0.1) is 39.1 Å². The average molecular weight is 349 g/mol. The van der Waals surface area contributed by atoms with E-state index in [4.69, 9.17) is 14.2 Å². The zero-order valence-electron chi connectivity index (χ0n) is 13.6.